The number of anilines is 1. The maximum atomic E-state index is 14.7. The van der Waals surface area contributed by atoms with Crippen LogP contribution in [0.4, 0.5) is 14.5 Å². The minimum atomic E-state index is -3.01. The first kappa shape index (κ1) is 25.7. The molecule has 0 bridgehead atoms. The van der Waals surface area contributed by atoms with Crippen LogP contribution in [0.5, 0.6) is 0 Å². The molecule has 4 heterocycles. The molecular weight excluding hydrogens is 450 g/mol. The number of hydrogen-bond donors (Lipinski definition) is 1. The highest BCUT2D eigenvalue weighted by molar-refractivity contribution is 5.97. The zero-order chi connectivity index (χ0) is 25.5. The van der Waals surface area contributed by atoms with Crippen LogP contribution in [-0.2, 0) is 29.6 Å². The number of halogens is 2. The van der Waals surface area contributed by atoms with Crippen molar-refractivity contribution in [3.8, 4) is 0 Å². The highest BCUT2D eigenvalue weighted by atomic mass is 19.3. The van der Waals surface area contributed by atoms with Crippen LogP contribution in [0, 0.1) is 6.92 Å². The standard InChI is InChI=1S/C26H38F2N6O/c1-7-8-26(27,28)23-11-22-21(13-30-23)25(4,5)16-34(22)24(35)15-33-14-18(3)29-12-20(33)10-19-9-17(2)31-32(19)6/h9,11,13,18,20,29H,7-8,10,12,14-16H2,1-6H3/t18-,20+/m1/s1. The molecule has 9 heteroatoms. The molecule has 0 aromatic carbocycles. The van der Waals surface area contributed by atoms with Gasteiger partial charge in [-0.1, -0.05) is 27.2 Å². The van der Waals surface area contributed by atoms with Crippen LogP contribution in [0.1, 0.15) is 63.2 Å². The summed E-state index contributed by atoms with van der Waals surface area (Å²) < 4.78 is 31.2. The van der Waals surface area contributed by atoms with E-state index in [4.69, 9.17) is 0 Å². The van der Waals surface area contributed by atoms with E-state index in [2.05, 4.69) is 33.3 Å². The van der Waals surface area contributed by atoms with Crippen LogP contribution in [0.2, 0.25) is 0 Å². The number of rotatable bonds is 7. The van der Waals surface area contributed by atoms with Crippen molar-refractivity contribution in [1.29, 1.82) is 0 Å². The third-order valence-electron chi connectivity index (χ3n) is 7.30. The van der Waals surface area contributed by atoms with E-state index >= 15 is 0 Å². The maximum absolute atomic E-state index is 14.7. The molecule has 1 N–H and O–H groups in total. The van der Waals surface area contributed by atoms with E-state index < -0.39 is 5.92 Å². The van der Waals surface area contributed by atoms with Crippen LogP contribution in [0.25, 0.3) is 0 Å². The van der Waals surface area contributed by atoms with E-state index in [0.717, 1.165) is 36.5 Å². The summed E-state index contributed by atoms with van der Waals surface area (Å²) >= 11 is 0. The van der Waals surface area contributed by atoms with Crippen molar-refractivity contribution in [1.82, 2.24) is 25.0 Å². The van der Waals surface area contributed by atoms with E-state index in [-0.39, 0.29) is 42.1 Å². The SMILES string of the molecule is CCCC(F)(F)c1cc2c(cn1)C(C)(C)CN2C(=O)CN1C[C@@H](C)NC[C@@H]1Cc1cc(C)nn1C. The molecule has 35 heavy (non-hydrogen) atoms. The number of fused-ring (bicyclic) bond motifs is 1. The highest BCUT2D eigenvalue weighted by Gasteiger charge is 2.42. The van der Waals surface area contributed by atoms with Crippen LogP contribution in [0.3, 0.4) is 0 Å². The summed E-state index contributed by atoms with van der Waals surface area (Å²) in [6.45, 7) is 12.1. The smallest absolute Gasteiger partial charge is 0.289 e. The summed E-state index contributed by atoms with van der Waals surface area (Å²) in [6.07, 6.45) is 2.42. The highest BCUT2D eigenvalue weighted by Crippen LogP contribution is 2.43. The molecule has 1 fully saturated rings. The van der Waals surface area contributed by atoms with Crippen LogP contribution < -0.4 is 10.2 Å². The lowest BCUT2D eigenvalue weighted by atomic mass is 9.88. The van der Waals surface area contributed by atoms with Gasteiger partial charge in [0, 0.05) is 74.5 Å². The third kappa shape index (κ3) is 5.26. The summed E-state index contributed by atoms with van der Waals surface area (Å²) in [5.41, 5.74) is 2.92. The normalized spacial score (nSPS) is 22.5. The van der Waals surface area contributed by atoms with Crippen LogP contribution >= 0.6 is 0 Å². The molecule has 1 amide bonds. The summed E-state index contributed by atoms with van der Waals surface area (Å²) in [7, 11) is 1.94. The minimum absolute atomic E-state index is 0.0620. The Bertz CT molecular complexity index is 1080. The predicted octanol–water partition coefficient (Wildman–Crippen LogP) is 3.54. The van der Waals surface area contributed by atoms with Gasteiger partial charge in [-0.25, -0.2) is 0 Å². The van der Waals surface area contributed by atoms with Crippen molar-refractivity contribution in [3.63, 3.8) is 0 Å². The Morgan fingerprint density at radius 2 is 2.06 bits per heavy atom. The predicted molar refractivity (Wildman–Crippen MR) is 133 cm³/mol. The number of carbonyl (C=O) groups is 1. The molecule has 0 unspecified atom stereocenters. The maximum Gasteiger partial charge on any atom is 0.289 e. The fourth-order valence-corrected chi connectivity index (χ4v) is 5.40. The number of pyridine rings is 1. The van der Waals surface area contributed by atoms with Gasteiger partial charge in [0.1, 0.15) is 5.69 Å². The average Bonchev–Trinajstić information content (AvgIpc) is 3.24. The Kier molecular flexibility index (Phi) is 7.03. The molecule has 192 valence electrons. The molecule has 2 aromatic heterocycles. The molecule has 0 saturated carbocycles. The van der Waals surface area contributed by atoms with Crippen molar-refractivity contribution >= 4 is 11.6 Å². The van der Waals surface area contributed by atoms with Gasteiger partial charge < -0.3 is 10.2 Å². The van der Waals surface area contributed by atoms with Crippen molar-refractivity contribution in [2.45, 2.75) is 77.3 Å². The number of hydrogen-bond acceptors (Lipinski definition) is 5. The van der Waals surface area contributed by atoms with Crippen molar-refractivity contribution in [3.05, 3.63) is 41.0 Å². The van der Waals surface area contributed by atoms with Gasteiger partial charge in [-0.15, -0.1) is 0 Å². The summed E-state index contributed by atoms with van der Waals surface area (Å²) in [5.74, 6) is -3.07. The van der Waals surface area contributed by atoms with Gasteiger partial charge in [-0.3, -0.25) is 19.4 Å². The Balaban J connectivity index is 1.57. The number of amides is 1. The summed E-state index contributed by atoms with van der Waals surface area (Å²) in [5, 5.41) is 7.99. The molecule has 2 aliphatic rings. The lowest BCUT2D eigenvalue weighted by Gasteiger charge is -2.39. The second kappa shape index (κ2) is 9.58. The lowest BCUT2D eigenvalue weighted by Crippen LogP contribution is -2.58. The zero-order valence-corrected chi connectivity index (χ0v) is 21.7. The van der Waals surface area contributed by atoms with Crippen molar-refractivity contribution < 1.29 is 13.6 Å². The largest absolute Gasteiger partial charge is 0.311 e. The van der Waals surface area contributed by atoms with Gasteiger partial charge >= 0.3 is 0 Å². The topological polar surface area (TPSA) is 66.3 Å². The van der Waals surface area contributed by atoms with Crippen LogP contribution in [0.15, 0.2) is 18.3 Å². The molecular formula is C26H38F2N6O. The van der Waals surface area contributed by atoms with Crippen molar-refractivity contribution in [2.75, 3.05) is 31.1 Å². The van der Waals surface area contributed by atoms with Crippen molar-refractivity contribution in [2.24, 2.45) is 7.05 Å². The molecule has 2 atom stereocenters. The van der Waals surface area contributed by atoms with E-state index in [0.29, 0.717) is 18.7 Å². The molecule has 2 aromatic rings. The van der Waals surface area contributed by atoms with Gasteiger partial charge in [0.15, 0.2) is 0 Å². The Hall–Kier alpha value is -2.39. The Morgan fingerprint density at radius 1 is 1.31 bits per heavy atom. The van der Waals surface area contributed by atoms with E-state index in [9.17, 15) is 13.6 Å². The van der Waals surface area contributed by atoms with Gasteiger partial charge in [0.2, 0.25) is 5.91 Å². The first-order valence-electron chi connectivity index (χ1n) is 12.6. The number of nitrogens with zero attached hydrogens (tertiary/aromatic N) is 5. The lowest BCUT2D eigenvalue weighted by molar-refractivity contribution is -0.120. The first-order valence-corrected chi connectivity index (χ1v) is 12.6. The van der Waals surface area contributed by atoms with E-state index in [1.54, 1.807) is 18.0 Å². The first-order chi connectivity index (χ1) is 16.4. The number of piperazine rings is 1. The molecule has 0 radical (unpaired) electrons. The second-order valence-corrected chi connectivity index (χ2v) is 10.9. The zero-order valence-electron chi connectivity index (χ0n) is 21.7. The third-order valence-corrected chi connectivity index (χ3v) is 7.30. The number of nitrogens with one attached hydrogen (secondary N) is 1. The number of alkyl halides is 2. The average molecular weight is 489 g/mol. The van der Waals surface area contributed by atoms with Gasteiger partial charge in [0.25, 0.3) is 5.92 Å². The molecule has 2 aliphatic heterocycles. The summed E-state index contributed by atoms with van der Waals surface area (Å²) in [4.78, 5) is 21.7. The monoisotopic (exact) mass is 488 g/mol. The van der Waals surface area contributed by atoms with E-state index in [1.165, 1.54) is 6.07 Å². The van der Waals surface area contributed by atoms with Crippen LogP contribution in [-0.4, -0.2) is 63.8 Å². The molecule has 7 nitrogen and oxygen atoms in total. The minimum Gasteiger partial charge on any atom is -0.311 e. The number of aryl methyl sites for hydroxylation is 2. The Morgan fingerprint density at radius 3 is 2.71 bits per heavy atom. The molecule has 4 rings (SSSR count). The van der Waals surface area contributed by atoms with Gasteiger partial charge in [-0.05, 0) is 26.0 Å². The molecule has 0 spiro atoms. The van der Waals surface area contributed by atoms with Gasteiger partial charge in [-0.2, -0.15) is 13.9 Å². The fraction of sp³-hybridized carbons (Fsp3) is 0.654. The fourth-order valence-electron chi connectivity index (χ4n) is 5.40. The Labute approximate surface area is 206 Å². The molecule has 0 aliphatic carbocycles. The quantitative estimate of drug-likeness (QED) is 0.646. The van der Waals surface area contributed by atoms with E-state index in [1.807, 2.05) is 32.5 Å². The molecule has 1 saturated heterocycles. The summed E-state index contributed by atoms with van der Waals surface area (Å²) in [6, 6.07) is 3.93. The van der Waals surface area contributed by atoms with Gasteiger partial charge in [0.05, 0.1) is 17.9 Å². The second-order valence-electron chi connectivity index (χ2n) is 10.9. The number of carbonyl (C=O) groups excluding carboxylic acids is 1. The number of aromatic nitrogens is 3.